The molecule has 0 aliphatic heterocycles. The van der Waals surface area contributed by atoms with Gasteiger partial charge in [-0.05, 0) is 28.0 Å². The molecule has 0 bridgehead atoms. The zero-order chi connectivity index (χ0) is 19.5. The van der Waals surface area contributed by atoms with Gasteiger partial charge in [0.05, 0.1) is 5.69 Å². The van der Waals surface area contributed by atoms with Gasteiger partial charge in [-0.2, -0.15) is 0 Å². The summed E-state index contributed by atoms with van der Waals surface area (Å²) in [7, 11) is 0. The second kappa shape index (κ2) is 7.45. The number of carboxylic acids is 1. The van der Waals surface area contributed by atoms with Crippen molar-refractivity contribution in [3.63, 3.8) is 0 Å². The Labute approximate surface area is 162 Å². The first-order valence-electron chi connectivity index (χ1n) is 8.96. The SMILES string of the molecule is Nc1c(-c2ccccc2)ccc(C(=O)O)c1OCc1cccc2ccccc12. The highest BCUT2D eigenvalue weighted by atomic mass is 16.5. The molecule has 4 aromatic rings. The number of hydrogen-bond acceptors (Lipinski definition) is 3. The number of hydrogen-bond donors (Lipinski definition) is 2. The van der Waals surface area contributed by atoms with Crippen molar-refractivity contribution in [2.75, 3.05) is 5.73 Å². The first-order chi connectivity index (χ1) is 13.6. The molecule has 3 N–H and O–H groups in total. The van der Waals surface area contributed by atoms with E-state index in [9.17, 15) is 9.90 Å². The first kappa shape index (κ1) is 17.6. The molecule has 0 atom stereocenters. The van der Waals surface area contributed by atoms with Crippen LogP contribution in [0.2, 0.25) is 0 Å². The van der Waals surface area contributed by atoms with Gasteiger partial charge in [0, 0.05) is 5.56 Å². The van der Waals surface area contributed by atoms with Gasteiger partial charge in [0.15, 0.2) is 5.75 Å². The Kier molecular flexibility index (Phi) is 4.68. The van der Waals surface area contributed by atoms with E-state index >= 15 is 0 Å². The highest BCUT2D eigenvalue weighted by Crippen LogP contribution is 2.37. The normalized spacial score (nSPS) is 10.7. The molecule has 0 heterocycles. The summed E-state index contributed by atoms with van der Waals surface area (Å²) in [5.41, 5.74) is 9.35. The molecule has 4 aromatic carbocycles. The fraction of sp³-hybridized carbons (Fsp3) is 0.0417. The van der Waals surface area contributed by atoms with Crippen LogP contribution in [0.1, 0.15) is 15.9 Å². The predicted molar refractivity (Wildman–Crippen MR) is 112 cm³/mol. The van der Waals surface area contributed by atoms with Gasteiger partial charge in [-0.3, -0.25) is 0 Å². The number of nitrogen functional groups attached to an aromatic ring is 1. The van der Waals surface area contributed by atoms with Gasteiger partial charge >= 0.3 is 5.97 Å². The van der Waals surface area contributed by atoms with Crippen LogP contribution in [0.3, 0.4) is 0 Å². The summed E-state index contributed by atoms with van der Waals surface area (Å²) in [6.45, 7) is 0.226. The van der Waals surface area contributed by atoms with Crippen LogP contribution in [-0.2, 0) is 6.61 Å². The van der Waals surface area contributed by atoms with Crippen molar-refractivity contribution in [1.82, 2.24) is 0 Å². The average molecular weight is 369 g/mol. The third kappa shape index (κ3) is 3.28. The van der Waals surface area contributed by atoms with Crippen molar-refractivity contribution in [2.45, 2.75) is 6.61 Å². The van der Waals surface area contributed by atoms with Crippen molar-refractivity contribution < 1.29 is 14.6 Å². The number of fused-ring (bicyclic) bond motifs is 1. The van der Waals surface area contributed by atoms with Crippen LogP contribution in [0.5, 0.6) is 5.75 Å². The topological polar surface area (TPSA) is 72.6 Å². The molecule has 0 aromatic heterocycles. The number of benzene rings is 4. The Bertz CT molecular complexity index is 1150. The lowest BCUT2D eigenvalue weighted by molar-refractivity contribution is 0.0692. The Hall–Kier alpha value is -3.79. The summed E-state index contributed by atoms with van der Waals surface area (Å²) >= 11 is 0. The monoisotopic (exact) mass is 369 g/mol. The largest absolute Gasteiger partial charge is 0.486 e. The molecule has 138 valence electrons. The smallest absolute Gasteiger partial charge is 0.339 e. The van der Waals surface area contributed by atoms with E-state index in [0.717, 1.165) is 27.5 Å². The van der Waals surface area contributed by atoms with Gasteiger partial charge in [0.25, 0.3) is 0 Å². The van der Waals surface area contributed by atoms with Crippen LogP contribution in [0.15, 0.2) is 84.9 Å². The standard InChI is InChI=1S/C24H19NO3/c25-22-20(17-7-2-1-3-8-17)13-14-21(24(26)27)23(22)28-15-18-11-6-10-16-9-4-5-12-19(16)18/h1-14H,15,25H2,(H,26,27). The fourth-order valence-electron chi connectivity index (χ4n) is 3.36. The van der Waals surface area contributed by atoms with Crippen molar-refractivity contribution in [2.24, 2.45) is 0 Å². The summed E-state index contributed by atoms with van der Waals surface area (Å²) < 4.78 is 5.98. The van der Waals surface area contributed by atoms with E-state index in [1.54, 1.807) is 12.1 Å². The minimum atomic E-state index is -1.07. The second-order valence-corrected chi connectivity index (χ2v) is 6.50. The molecule has 4 nitrogen and oxygen atoms in total. The quantitative estimate of drug-likeness (QED) is 0.464. The van der Waals surface area contributed by atoms with Crippen LogP contribution in [-0.4, -0.2) is 11.1 Å². The highest BCUT2D eigenvalue weighted by Gasteiger charge is 2.18. The molecular formula is C24H19NO3. The maximum atomic E-state index is 11.7. The summed E-state index contributed by atoms with van der Waals surface area (Å²) in [6, 6.07) is 26.8. The Balaban J connectivity index is 1.74. The minimum absolute atomic E-state index is 0.0532. The molecule has 0 fully saturated rings. The number of ether oxygens (including phenoxy) is 1. The molecule has 0 amide bonds. The number of anilines is 1. The van der Waals surface area contributed by atoms with Gasteiger partial charge in [0.2, 0.25) is 0 Å². The van der Waals surface area contributed by atoms with Crippen LogP contribution >= 0.6 is 0 Å². The van der Waals surface area contributed by atoms with Crippen molar-refractivity contribution in [3.05, 3.63) is 96.1 Å². The van der Waals surface area contributed by atoms with Crippen molar-refractivity contribution in [1.29, 1.82) is 0 Å². The lowest BCUT2D eigenvalue weighted by Crippen LogP contribution is -2.07. The molecule has 0 unspecified atom stereocenters. The lowest BCUT2D eigenvalue weighted by Gasteiger charge is -2.16. The van der Waals surface area contributed by atoms with E-state index in [1.807, 2.05) is 72.8 Å². The number of rotatable bonds is 5. The van der Waals surface area contributed by atoms with Gasteiger partial charge in [-0.1, -0.05) is 78.9 Å². The Morgan fingerprint density at radius 2 is 1.57 bits per heavy atom. The van der Waals surface area contributed by atoms with Gasteiger partial charge in [-0.25, -0.2) is 4.79 Å². The van der Waals surface area contributed by atoms with E-state index in [0.29, 0.717) is 5.69 Å². The number of carbonyl (C=O) groups is 1. The molecule has 4 heteroatoms. The van der Waals surface area contributed by atoms with Crippen LogP contribution in [0.25, 0.3) is 21.9 Å². The van der Waals surface area contributed by atoms with Crippen LogP contribution in [0.4, 0.5) is 5.69 Å². The van der Waals surface area contributed by atoms with Gasteiger partial charge < -0.3 is 15.6 Å². The molecule has 0 saturated heterocycles. The summed E-state index contributed by atoms with van der Waals surface area (Å²) in [4.78, 5) is 11.7. The molecule has 0 aliphatic carbocycles. The van der Waals surface area contributed by atoms with E-state index in [1.165, 1.54) is 0 Å². The summed E-state index contributed by atoms with van der Waals surface area (Å²) in [5, 5.41) is 11.8. The molecule has 0 aliphatic rings. The van der Waals surface area contributed by atoms with Gasteiger partial charge in [0.1, 0.15) is 12.2 Å². The summed E-state index contributed by atoms with van der Waals surface area (Å²) in [5.74, 6) is -0.874. The summed E-state index contributed by atoms with van der Waals surface area (Å²) in [6.07, 6.45) is 0. The Morgan fingerprint density at radius 1 is 0.857 bits per heavy atom. The zero-order valence-electron chi connectivity index (χ0n) is 15.1. The molecule has 0 spiro atoms. The average Bonchev–Trinajstić information content (AvgIpc) is 2.73. The molecule has 0 saturated carbocycles. The van der Waals surface area contributed by atoms with Gasteiger partial charge in [-0.15, -0.1) is 0 Å². The van der Waals surface area contributed by atoms with Crippen LogP contribution in [0, 0.1) is 0 Å². The zero-order valence-corrected chi connectivity index (χ0v) is 15.1. The molecule has 28 heavy (non-hydrogen) atoms. The first-order valence-corrected chi connectivity index (χ1v) is 8.96. The molecule has 0 radical (unpaired) electrons. The van der Waals surface area contributed by atoms with E-state index in [-0.39, 0.29) is 17.9 Å². The molecule has 4 rings (SSSR count). The molecular weight excluding hydrogens is 350 g/mol. The Morgan fingerprint density at radius 3 is 2.36 bits per heavy atom. The van der Waals surface area contributed by atoms with Crippen molar-refractivity contribution >= 4 is 22.4 Å². The number of aromatic carboxylic acids is 1. The minimum Gasteiger partial charge on any atom is -0.486 e. The fourth-order valence-corrected chi connectivity index (χ4v) is 3.36. The highest BCUT2D eigenvalue weighted by molar-refractivity contribution is 5.96. The third-order valence-electron chi connectivity index (χ3n) is 4.76. The van der Waals surface area contributed by atoms with Crippen molar-refractivity contribution in [3.8, 4) is 16.9 Å². The maximum Gasteiger partial charge on any atom is 0.339 e. The second-order valence-electron chi connectivity index (χ2n) is 6.50. The maximum absolute atomic E-state index is 11.7. The van der Waals surface area contributed by atoms with E-state index in [4.69, 9.17) is 10.5 Å². The third-order valence-corrected chi connectivity index (χ3v) is 4.76. The van der Waals surface area contributed by atoms with Crippen LogP contribution < -0.4 is 10.5 Å². The predicted octanol–water partition coefficient (Wildman–Crippen LogP) is 5.37. The van der Waals surface area contributed by atoms with E-state index in [2.05, 4.69) is 0 Å². The van der Waals surface area contributed by atoms with E-state index < -0.39 is 5.97 Å². The number of carboxylic acid groups (broad SMARTS) is 1. The lowest BCUT2D eigenvalue weighted by atomic mass is 10.0. The number of nitrogens with two attached hydrogens (primary N) is 1.